The molecule has 24 heavy (non-hydrogen) atoms. The molecule has 0 amide bonds. The average Bonchev–Trinajstić information content (AvgIpc) is 2.70. The zero-order chi connectivity index (χ0) is 17.5. The maximum atomic E-state index is 12.1. The predicted octanol–water partition coefficient (Wildman–Crippen LogP) is 3.21. The summed E-state index contributed by atoms with van der Waals surface area (Å²) in [6.45, 7) is 6.33. The Morgan fingerprint density at radius 3 is 2.38 bits per heavy atom. The maximum absolute atomic E-state index is 12.1. The van der Waals surface area contributed by atoms with E-state index in [1.54, 1.807) is 0 Å². The van der Waals surface area contributed by atoms with Crippen molar-refractivity contribution in [2.45, 2.75) is 84.3 Å². The molecule has 0 aromatic heterocycles. The normalized spacial score (nSPS) is 59.5. The number of carboxylic acid groups (broad SMARTS) is 1. The van der Waals surface area contributed by atoms with E-state index in [4.69, 9.17) is 0 Å². The van der Waals surface area contributed by atoms with Crippen LogP contribution in [0, 0.1) is 33.5 Å². The minimum absolute atomic E-state index is 0.0860. The Hall–Kier alpha value is -0.610. The Labute approximate surface area is 144 Å². The lowest BCUT2D eigenvalue weighted by molar-refractivity contribution is -0.202. The number of fused-ring (bicyclic) bond motifs is 3. The highest BCUT2D eigenvalue weighted by molar-refractivity contribution is 5.75. The monoisotopic (exact) mass is 336 g/mol. The van der Waals surface area contributed by atoms with Crippen molar-refractivity contribution in [1.82, 2.24) is 0 Å². The van der Waals surface area contributed by atoms with E-state index in [9.17, 15) is 20.1 Å². The Kier molecular flexibility index (Phi) is 3.34. The van der Waals surface area contributed by atoms with Gasteiger partial charge in [-0.05, 0) is 74.5 Å². The van der Waals surface area contributed by atoms with Crippen molar-refractivity contribution in [2.75, 3.05) is 0 Å². The zero-order valence-corrected chi connectivity index (χ0v) is 15.2. The van der Waals surface area contributed by atoms with Crippen LogP contribution in [0.2, 0.25) is 0 Å². The number of aliphatic carboxylic acids is 1. The molecule has 0 radical (unpaired) electrons. The minimum Gasteiger partial charge on any atom is -0.481 e. The van der Waals surface area contributed by atoms with Gasteiger partial charge < -0.3 is 15.3 Å². The second kappa shape index (κ2) is 4.76. The Balaban J connectivity index is 1.79. The summed E-state index contributed by atoms with van der Waals surface area (Å²) < 4.78 is 0. The summed E-state index contributed by atoms with van der Waals surface area (Å²) in [5, 5.41) is 31.7. The molecule has 4 fully saturated rings. The molecule has 1 unspecified atom stereocenters. The van der Waals surface area contributed by atoms with E-state index in [0.29, 0.717) is 6.42 Å². The van der Waals surface area contributed by atoms with Crippen molar-refractivity contribution in [3.8, 4) is 0 Å². The summed E-state index contributed by atoms with van der Waals surface area (Å²) in [5.74, 6) is -0.276. The van der Waals surface area contributed by atoms with E-state index in [2.05, 4.69) is 13.8 Å². The summed E-state index contributed by atoms with van der Waals surface area (Å²) in [6.07, 6.45) is 6.15. The third kappa shape index (κ3) is 1.79. The van der Waals surface area contributed by atoms with E-state index >= 15 is 0 Å². The molecule has 0 saturated heterocycles. The quantitative estimate of drug-likeness (QED) is 0.687. The lowest BCUT2D eigenvalue weighted by atomic mass is 9.40. The molecule has 0 aromatic rings. The van der Waals surface area contributed by atoms with E-state index in [1.807, 2.05) is 6.92 Å². The molecule has 4 heteroatoms. The van der Waals surface area contributed by atoms with Crippen LogP contribution >= 0.6 is 0 Å². The molecule has 0 heterocycles. The zero-order valence-electron chi connectivity index (χ0n) is 15.2. The smallest absolute Gasteiger partial charge is 0.309 e. The Bertz CT molecular complexity index is 576. The maximum Gasteiger partial charge on any atom is 0.309 e. The van der Waals surface area contributed by atoms with Gasteiger partial charge in [-0.25, -0.2) is 0 Å². The second-order valence-electron chi connectivity index (χ2n) is 10.3. The van der Waals surface area contributed by atoms with Gasteiger partial charge in [-0.15, -0.1) is 0 Å². The number of aliphatic hydroxyl groups excluding tert-OH is 2. The van der Waals surface area contributed by atoms with Gasteiger partial charge in [0, 0.05) is 5.41 Å². The van der Waals surface area contributed by atoms with Crippen LogP contribution in [0.1, 0.15) is 72.1 Å². The summed E-state index contributed by atoms with van der Waals surface area (Å²) in [7, 11) is 0. The molecule has 0 aliphatic heterocycles. The van der Waals surface area contributed by atoms with Crippen LogP contribution in [0.25, 0.3) is 0 Å². The fraction of sp³-hybridized carbons (Fsp3) is 0.950. The first-order valence-corrected chi connectivity index (χ1v) is 9.68. The number of carbonyl (C=O) groups is 1. The predicted molar refractivity (Wildman–Crippen MR) is 90.3 cm³/mol. The summed E-state index contributed by atoms with van der Waals surface area (Å²) in [6, 6.07) is 0. The molecule has 1 spiro atoms. The number of carboxylic acids is 1. The van der Waals surface area contributed by atoms with Crippen molar-refractivity contribution in [3.63, 3.8) is 0 Å². The van der Waals surface area contributed by atoms with Crippen LogP contribution in [-0.2, 0) is 4.79 Å². The number of hydrogen-bond donors (Lipinski definition) is 3. The lowest BCUT2D eigenvalue weighted by Gasteiger charge is -2.64. The Morgan fingerprint density at radius 2 is 1.71 bits per heavy atom. The van der Waals surface area contributed by atoms with Crippen LogP contribution in [0.15, 0.2) is 0 Å². The molecular formula is C20H32O4. The first-order valence-electron chi connectivity index (χ1n) is 9.68. The molecule has 136 valence electrons. The van der Waals surface area contributed by atoms with Crippen molar-refractivity contribution >= 4 is 5.97 Å². The molecule has 4 rings (SSSR count). The van der Waals surface area contributed by atoms with Crippen LogP contribution in [0.3, 0.4) is 0 Å². The van der Waals surface area contributed by atoms with Crippen molar-refractivity contribution in [1.29, 1.82) is 0 Å². The fourth-order valence-corrected chi connectivity index (χ4v) is 7.94. The molecule has 4 aliphatic carbocycles. The van der Waals surface area contributed by atoms with Crippen LogP contribution in [-0.4, -0.2) is 33.5 Å². The Morgan fingerprint density at radius 1 is 1.00 bits per heavy atom. The third-order valence-electron chi connectivity index (χ3n) is 9.17. The summed E-state index contributed by atoms with van der Waals surface area (Å²) in [4.78, 5) is 12.1. The van der Waals surface area contributed by atoms with Gasteiger partial charge in [0.25, 0.3) is 0 Å². The average molecular weight is 336 g/mol. The van der Waals surface area contributed by atoms with Gasteiger partial charge in [-0.1, -0.05) is 20.3 Å². The van der Waals surface area contributed by atoms with E-state index in [1.165, 1.54) is 0 Å². The summed E-state index contributed by atoms with van der Waals surface area (Å²) in [5.41, 5.74) is -1.01. The third-order valence-corrected chi connectivity index (χ3v) is 9.17. The van der Waals surface area contributed by atoms with Crippen molar-refractivity contribution < 1.29 is 20.1 Å². The molecule has 2 bridgehead atoms. The van der Waals surface area contributed by atoms with Gasteiger partial charge in [0.2, 0.25) is 0 Å². The van der Waals surface area contributed by atoms with E-state index in [0.717, 1.165) is 44.9 Å². The standard InChI is InChI=1S/C20H32O4/c1-17-10-15(22)20(11-17)8-5-12-18(2,13(20)9-14(17)21)6-4-7-19(12,3)16(23)24/h12-15,21-22H,4-11H2,1-3H3,(H,23,24)/t12-,13?,14+,15-,17+,18+,19+,20-/m0/s1. The molecule has 3 N–H and O–H groups in total. The SMILES string of the molecule is C[C@]12C[C@H](O)[C@@]3(CC[C@@H]4[C@](C)(C(=O)O)CCC[C@@]4(C)C3C[C@H]1O)C2. The largest absolute Gasteiger partial charge is 0.481 e. The van der Waals surface area contributed by atoms with Crippen LogP contribution in [0.4, 0.5) is 0 Å². The van der Waals surface area contributed by atoms with Gasteiger partial charge in [0.15, 0.2) is 0 Å². The van der Waals surface area contributed by atoms with Crippen molar-refractivity contribution in [3.05, 3.63) is 0 Å². The van der Waals surface area contributed by atoms with Gasteiger partial charge in [-0.3, -0.25) is 4.79 Å². The highest BCUT2D eigenvalue weighted by Gasteiger charge is 2.70. The van der Waals surface area contributed by atoms with E-state index < -0.39 is 11.4 Å². The fourth-order valence-electron chi connectivity index (χ4n) is 7.94. The number of hydrogen-bond acceptors (Lipinski definition) is 3. The van der Waals surface area contributed by atoms with Crippen LogP contribution in [0.5, 0.6) is 0 Å². The van der Waals surface area contributed by atoms with Gasteiger partial charge in [-0.2, -0.15) is 0 Å². The van der Waals surface area contributed by atoms with Crippen molar-refractivity contribution in [2.24, 2.45) is 33.5 Å². The highest BCUT2D eigenvalue weighted by Crippen LogP contribution is 2.73. The minimum atomic E-state index is -0.664. The molecule has 4 saturated carbocycles. The van der Waals surface area contributed by atoms with E-state index in [-0.39, 0.29) is 40.3 Å². The number of rotatable bonds is 1. The molecule has 0 aromatic carbocycles. The molecule has 4 nitrogen and oxygen atoms in total. The lowest BCUT2D eigenvalue weighted by Crippen LogP contribution is -2.61. The first kappa shape index (κ1) is 16.8. The topological polar surface area (TPSA) is 77.8 Å². The van der Waals surface area contributed by atoms with Crippen LogP contribution < -0.4 is 0 Å². The number of aliphatic hydroxyl groups is 2. The summed E-state index contributed by atoms with van der Waals surface area (Å²) >= 11 is 0. The van der Waals surface area contributed by atoms with Gasteiger partial charge in [0.05, 0.1) is 17.6 Å². The van der Waals surface area contributed by atoms with Gasteiger partial charge in [0.1, 0.15) is 0 Å². The molecule has 8 atom stereocenters. The molecular weight excluding hydrogens is 304 g/mol. The second-order valence-corrected chi connectivity index (χ2v) is 10.3. The van der Waals surface area contributed by atoms with Gasteiger partial charge >= 0.3 is 5.97 Å². The first-order chi connectivity index (χ1) is 11.1. The molecule has 4 aliphatic rings. The highest BCUT2D eigenvalue weighted by atomic mass is 16.4.